The van der Waals surface area contributed by atoms with Gasteiger partial charge in [-0.3, -0.25) is 4.79 Å². The Kier molecular flexibility index (Phi) is 4.24. The number of likely N-dealkylation sites (N-methyl/N-ethyl adjacent to an activating group) is 1. The summed E-state index contributed by atoms with van der Waals surface area (Å²) in [5.74, 6) is 0.458. The van der Waals surface area contributed by atoms with E-state index in [4.69, 9.17) is 10.5 Å². The van der Waals surface area contributed by atoms with Crippen molar-refractivity contribution in [1.82, 2.24) is 0 Å². The van der Waals surface area contributed by atoms with Gasteiger partial charge in [0.15, 0.2) is 5.78 Å². The Bertz CT molecular complexity index is 427. The zero-order chi connectivity index (χ0) is 13.1. The Balaban J connectivity index is 2.13. The van der Waals surface area contributed by atoms with Crippen molar-refractivity contribution in [3.05, 3.63) is 10.9 Å². The van der Waals surface area contributed by atoms with Gasteiger partial charge in [0.05, 0.1) is 22.2 Å². The number of nitrogens with two attached hydrogens (primary N) is 1. The molecule has 1 aromatic rings. The summed E-state index contributed by atoms with van der Waals surface area (Å²) in [6, 6.07) is 1.92. The molecule has 4 nitrogen and oxygen atoms in total. The first-order chi connectivity index (χ1) is 8.67. The molecule has 0 saturated heterocycles. The predicted octanol–water partition coefficient (Wildman–Crippen LogP) is 2.40. The van der Waals surface area contributed by atoms with Crippen molar-refractivity contribution in [2.75, 3.05) is 37.4 Å². The third-order valence-corrected chi connectivity index (χ3v) is 4.40. The van der Waals surface area contributed by atoms with E-state index < -0.39 is 0 Å². The van der Waals surface area contributed by atoms with Gasteiger partial charge in [0.1, 0.15) is 0 Å². The molecule has 0 unspecified atom stereocenters. The number of nitrogen functional groups attached to an aromatic ring is 1. The van der Waals surface area contributed by atoms with Gasteiger partial charge in [-0.25, -0.2) is 0 Å². The lowest BCUT2D eigenvalue weighted by Gasteiger charge is -2.20. The van der Waals surface area contributed by atoms with Crippen LogP contribution in [0.1, 0.15) is 29.4 Å². The molecule has 18 heavy (non-hydrogen) atoms. The second kappa shape index (κ2) is 5.71. The molecule has 1 aliphatic carbocycles. The normalized spacial score (nSPS) is 14.8. The molecule has 0 aliphatic heterocycles. The maximum Gasteiger partial charge on any atom is 0.178 e. The fraction of sp³-hybridized carbons (Fsp3) is 0.615. The Hall–Kier alpha value is -1.07. The molecule has 0 radical (unpaired) electrons. The summed E-state index contributed by atoms with van der Waals surface area (Å²) < 4.78 is 5.09. The van der Waals surface area contributed by atoms with Gasteiger partial charge in [-0.2, -0.15) is 0 Å². The van der Waals surface area contributed by atoms with Crippen LogP contribution in [0, 0.1) is 5.92 Å². The number of ether oxygens (including phenoxy) is 1. The Morgan fingerprint density at radius 3 is 2.89 bits per heavy atom. The first-order valence-corrected chi connectivity index (χ1v) is 7.16. The highest BCUT2D eigenvalue weighted by atomic mass is 32.1. The summed E-state index contributed by atoms with van der Waals surface area (Å²) in [5.41, 5.74) is 6.59. The molecule has 5 heteroatoms. The molecule has 100 valence electrons. The molecule has 0 aromatic carbocycles. The predicted molar refractivity (Wildman–Crippen MR) is 75.5 cm³/mol. The van der Waals surface area contributed by atoms with Crippen molar-refractivity contribution >= 4 is 27.8 Å². The van der Waals surface area contributed by atoms with Gasteiger partial charge >= 0.3 is 0 Å². The van der Waals surface area contributed by atoms with Crippen LogP contribution in [-0.2, 0) is 4.74 Å². The van der Waals surface area contributed by atoms with Crippen molar-refractivity contribution < 1.29 is 9.53 Å². The number of carbonyl (C=O) groups excluding carboxylic acids is 1. The van der Waals surface area contributed by atoms with Crippen LogP contribution < -0.4 is 10.6 Å². The molecular weight excluding hydrogens is 248 g/mol. The lowest BCUT2D eigenvalue weighted by molar-refractivity contribution is 0.0972. The van der Waals surface area contributed by atoms with E-state index in [0.717, 1.165) is 35.8 Å². The van der Waals surface area contributed by atoms with Crippen LogP contribution in [0.2, 0.25) is 0 Å². The summed E-state index contributed by atoms with van der Waals surface area (Å²) >= 11 is 1.51. The molecule has 2 rings (SSSR count). The minimum Gasteiger partial charge on any atom is -0.397 e. The fourth-order valence-electron chi connectivity index (χ4n) is 1.90. The van der Waals surface area contributed by atoms with Gasteiger partial charge in [0, 0.05) is 26.1 Å². The van der Waals surface area contributed by atoms with E-state index in [2.05, 4.69) is 11.8 Å². The smallest absolute Gasteiger partial charge is 0.178 e. The average molecular weight is 268 g/mol. The Morgan fingerprint density at radius 1 is 1.61 bits per heavy atom. The van der Waals surface area contributed by atoms with Crippen molar-refractivity contribution in [2.45, 2.75) is 19.8 Å². The number of hydrogen-bond acceptors (Lipinski definition) is 5. The lowest BCUT2D eigenvalue weighted by Crippen LogP contribution is -2.25. The van der Waals surface area contributed by atoms with Gasteiger partial charge in [-0.15, -0.1) is 11.3 Å². The van der Waals surface area contributed by atoms with Gasteiger partial charge in [0.25, 0.3) is 0 Å². The number of hydrogen-bond donors (Lipinski definition) is 1. The first-order valence-electron chi connectivity index (χ1n) is 6.34. The maximum atomic E-state index is 12.1. The van der Waals surface area contributed by atoms with Gasteiger partial charge in [-0.1, -0.05) is 0 Å². The van der Waals surface area contributed by atoms with Crippen molar-refractivity contribution in [3.63, 3.8) is 0 Å². The SMILES string of the molecule is CCN(CCOC)c1cc(N)c(C(=O)C2CC2)s1. The molecule has 0 atom stereocenters. The lowest BCUT2D eigenvalue weighted by atomic mass is 10.2. The molecule has 0 spiro atoms. The van der Waals surface area contributed by atoms with E-state index in [0.29, 0.717) is 12.3 Å². The van der Waals surface area contributed by atoms with Crippen molar-refractivity contribution in [1.29, 1.82) is 0 Å². The van der Waals surface area contributed by atoms with Gasteiger partial charge < -0.3 is 15.4 Å². The van der Waals surface area contributed by atoms with Crippen LogP contribution in [0.3, 0.4) is 0 Å². The Labute approximate surface area is 112 Å². The molecule has 0 amide bonds. The molecule has 1 saturated carbocycles. The molecule has 2 N–H and O–H groups in total. The van der Waals surface area contributed by atoms with Gasteiger partial charge in [-0.05, 0) is 25.8 Å². The maximum absolute atomic E-state index is 12.1. The molecular formula is C13H20N2O2S. The van der Waals surface area contributed by atoms with Crippen LogP contribution in [0.15, 0.2) is 6.07 Å². The third kappa shape index (κ3) is 2.84. The number of methoxy groups -OCH3 is 1. The van der Waals surface area contributed by atoms with Crippen LogP contribution in [0.25, 0.3) is 0 Å². The largest absolute Gasteiger partial charge is 0.397 e. The fourth-order valence-corrected chi connectivity index (χ4v) is 3.09. The number of nitrogens with zero attached hydrogens (tertiary/aromatic N) is 1. The summed E-state index contributed by atoms with van der Waals surface area (Å²) in [6.07, 6.45) is 2.04. The minimum absolute atomic E-state index is 0.228. The van der Waals surface area contributed by atoms with E-state index >= 15 is 0 Å². The highest BCUT2D eigenvalue weighted by Gasteiger charge is 2.33. The topological polar surface area (TPSA) is 55.6 Å². The van der Waals surface area contributed by atoms with E-state index in [1.807, 2.05) is 6.07 Å². The molecule has 1 fully saturated rings. The summed E-state index contributed by atoms with van der Waals surface area (Å²) in [6.45, 7) is 4.48. The second-order valence-corrected chi connectivity index (χ2v) is 5.61. The summed E-state index contributed by atoms with van der Waals surface area (Å²) in [4.78, 5) is 15.0. The zero-order valence-corrected chi connectivity index (χ0v) is 11.8. The number of thiophene rings is 1. The number of carbonyl (C=O) groups is 1. The number of rotatable bonds is 7. The summed E-state index contributed by atoms with van der Waals surface area (Å²) in [5, 5.41) is 1.07. The molecule has 1 aliphatic rings. The quantitative estimate of drug-likeness (QED) is 0.771. The zero-order valence-electron chi connectivity index (χ0n) is 10.9. The van der Waals surface area contributed by atoms with Gasteiger partial charge in [0.2, 0.25) is 0 Å². The standard InChI is InChI=1S/C13H20N2O2S/c1-3-15(6-7-17-2)11-8-10(14)13(18-11)12(16)9-4-5-9/h8-9H,3-7,14H2,1-2H3. The van der Waals surface area contributed by atoms with Crippen LogP contribution >= 0.6 is 11.3 Å². The van der Waals surface area contributed by atoms with Crippen molar-refractivity contribution in [2.24, 2.45) is 5.92 Å². The third-order valence-electron chi connectivity index (χ3n) is 3.18. The second-order valence-electron chi connectivity index (χ2n) is 4.58. The van der Waals surface area contributed by atoms with Crippen molar-refractivity contribution in [3.8, 4) is 0 Å². The van der Waals surface area contributed by atoms with Crippen LogP contribution in [0.5, 0.6) is 0 Å². The highest BCUT2D eigenvalue weighted by Crippen LogP contribution is 2.39. The van der Waals surface area contributed by atoms with Crippen LogP contribution in [0.4, 0.5) is 10.7 Å². The minimum atomic E-state index is 0.228. The molecule has 0 bridgehead atoms. The summed E-state index contributed by atoms with van der Waals surface area (Å²) in [7, 11) is 1.69. The number of Topliss-reactive ketones (excluding diaryl/α,β-unsaturated/α-hetero) is 1. The molecule has 1 heterocycles. The number of anilines is 2. The molecule has 1 aromatic heterocycles. The Morgan fingerprint density at radius 2 is 2.33 bits per heavy atom. The van der Waals surface area contributed by atoms with Crippen LogP contribution in [-0.4, -0.2) is 32.6 Å². The monoisotopic (exact) mass is 268 g/mol. The number of ketones is 1. The first kappa shape index (κ1) is 13.4. The van der Waals surface area contributed by atoms with E-state index in [1.165, 1.54) is 11.3 Å². The average Bonchev–Trinajstić information content (AvgIpc) is 3.14. The van der Waals surface area contributed by atoms with E-state index in [1.54, 1.807) is 7.11 Å². The highest BCUT2D eigenvalue weighted by molar-refractivity contribution is 7.18. The van der Waals surface area contributed by atoms with E-state index in [9.17, 15) is 4.79 Å². The van der Waals surface area contributed by atoms with E-state index in [-0.39, 0.29) is 11.7 Å².